The monoisotopic (exact) mass is 248 g/mol. The average Bonchev–Trinajstić information content (AvgIpc) is 2.71. The van der Waals surface area contributed by atoms with Crippen molar-refractivity contribution in [3.63, 3.8) is 0 Å². The molecule has 0 aliphatic carbocycles. The van der Waals surface area contributed by atoms with E-state index in [0.717, 1.165) is 16.5 Å². The number of fused-ring (bicyclic) bond motifs is 1. The predicted molar refractivity (Wildman–Crippen MR) is 66.7 cm³/mol. The molecule has 0 amide bonds. The summed E-state index contributed by atoms with van der Waals surface area (Å²) in [5, 5.41) is 16.8. The van der Waals surface area contributed by atoms with E-state index in [1.165, 1.54) is 12.1 Å². The van der Waals surface area contributed by atoms with Crippen molar-refractivity contribution in [2.45, 2.75) is 19.3 Å². The molecule has 0 spiro atoms. The van der Waals surface area contributed by atoms with E-state index in [1.807, 2.05) is 6.92 Å². The molecule has 0 aliphatic rings. The maximum absolute atomic E-state index is 13.2. The Kier molecular flexibility index (Phi) is 3.14. The average molecular weight is 248 g/mol. The Bertz CT molecular complexity index is 618. The lowest BCUT2D eigenvalue weighted by atomic mass is 9.95. The summed E-state index contributed by atoms with van der Waals surface area (Å²) in [7, 11) is 0. The van der Waals surface area contributed by atoms with Gasteiger partial charge in [0.1, 0.15) is 11.5 Å². The number of carboxylic acids is 1. The molecule has 0 bridgehead atoms. The summed E-state index contributed by atoms with van der Waals surface area (Å²) >= 11 is 0. The topological polar surface area (TPSA) is 76.9 Å². The van der Waals surface area contributed by atoms with Crippen LogP contribution in [-0.2, 0) is 4.79 Å². The van der Waals surface area contributed by atoms with Crippen molar-refractivity contribution >= 4 is 22.6 Å². The highest BCUT2D eigenvalue weighted by molar-refractivity contribution is 6.34. The van der Waals surface area contributed by atoms with Gasteiger partial charge in [-0.3, -0.25) is 5.41 Å². The molecule has 5 heteroatoms. The molecule has 0 saturated heterocycles. The molecule has 1 heterocycles. The fourth-order valence-electron chi connectivity index (χ4n) is 2.03. The summed E-state index contributed by atoms with van der Waals surface area (Å²) in [5.74, 6) is -1.69. The van der Waals surface area contributed by atoms with Gasteiger partial charge < -0.3 is 10.1 Å². The van der Waals surface area contributed by atoms with Gasteiger partial charge in [-0.25, -0.2) is 9.18 Å². The highest BCUT2D eigenvalue weighted by atomic mass is 19.1. The molecule has 18 heavy (non-hydrogen) atoms. The van der Waals surface area contributed by atoms with Crippen LogP contribution in [0.4, 0.5) is 4.39 Å². The molecule has 1 aromatic heterocycles. The minimum absolute atomic E-state index is 0.124. The first-order valence-electron chi connectivity index (χ1n) is 5.56. The lowest BCUT2D eigenvalue weighted by molar-refractivity contribution is -0.129. The number of benzene rings is 1. The smallest absolute Gasteiger partial charge is 0.349 e. The Morgan fingerprint density at radius 1 is 1.56 bits per heavy atom. The normalized spacial score (nSPS) is 12.6. The zero-order valence-electron chi connectivity index (χ0n) is 9.83. The van der Waals surface area contributed by atoms with Gasteiger partial charge in [0.2, 0.25) is 0 Å². The lowest BCUT2D eigenvalue weighted by Crippen LogP contribution is -2.14. The van der Waals surface area contributed by atoms with Crippen molar-refractivity contribution in [3.8, 4) is 0 Å². The van der Waals surface area contributed by atoms with E-state index < -0.39 is 5.97 Å². The van der Waals surface area contributed by atoms with Crippen LogP contribution in [0.25, 0.3) is 10.9 Å². The Morgan fingerprint density at radius 3 is 2.94 bits per heavy atom. The van der Waals surface area contributed by atoms with E-state index >= 15 is 0 Å². The molecule has 94 valence electrons. The third kappa shape index (κ3) is 2.25. The van der Waals surface area contributed by atoms with Gasteiger partial charge >= 0.3 is 5.97 Å². The van der Waals surface area contributed by atoms with E-state index in [9.17, 15) is 9.18 Å². The maximum Gasteiger partial charge on any atom is 0.349 e. The van der Waals surface area contributed by atoms with Crippen LogP contribution in [0.3, 0.4) is 0 Å². The summed E-state index contributed by atoms with van der Waals surface area (Å²) in [6, 6.07) is 4.43. The first-order valence-corrected chi connectivity index (χ1v) is 5.56. The number of rotatable bonds is 4. The summed E-state index contributed by atoms with van der Waals surface area (Å²) in [6.07, 6.45) is 1.86. The molecule has 2 aromatic rings. The number of carboxylic acid groups (broad SMARTS) is 1. The summed E-state index contributed by atoms with van der Waals surface area (Å²) < 4.78 is 13.2. The number of carbonyl (C=O) groups is 1. The largest absolute Gasteiger partial charge is 0.477 e. The van der Waals surface area contributed by atoms with Gasteiger partial charge in [0.25, 0.3) is 0 Å². The SMILES string of the molecule is CC(CC(=N)C(=O)O)c1c[nH]c2ccc(F)cc12. The van der Waals surface area contributed by atoms with Gasteiger partial charge in [-0.1, -0.05) is 6.92 Å². The fourth-order valence-corrected chi connectivity index (χ4v) is 2.03. The van der Waals surface area contributed by atoms with Crippen molar-refractivity contribution < 1.29 is 14.3 Å². The first-order chi connectivity index (χ1) is 8.49. The minimum Gasteiger partial charge on any atom is -0.477 e. The van der Waals surface area contributed by atoms with Crippen LogP contribution in [0.5, 0.6) is 0 Å². The molecule has 0 fully saturated rings. The van der Waals surface area contributed by atoms with Gasteiger partial charge in [0.05, 0.1) is 0 Å². The third-order valence-electron chi connectivity index (χ3n) is 2.98. The number of nitrogens with one attached hydrogen (secondary N) is 2. The maximum atomic E-state index is 13.2. The van der Waals surface area contributed by atoms with Crippen molar-refractivity contribution in [2.24, 2.45) is 0 Å². The molecule has 0 aliphatic heterocycles. The quantitative estimate of drug-likeness (QED) is 0.727. The summed E-state index contributed by atoms with van der Waals surface area (Å²) in [4.78, 5) is 13.6. The first kappa shape index (κ1) is 12.3. The molecule has 0 saturated carbocycles. The van der Waals surface area contributed by atoms with Gasteiger partial charge in [0, 0.05) is 23.5 Å². The van der Waals surface area contributed by atoms with Gasteiger partial charge in [-0.2, -0.15) is 0 Å². The molecular formula is C13H13FN2O2. The number of aliphatic carboxylic acids is 1. The van der Waals surface area contributed by atoms with E-state index in [1.54, 1.807) is 12.3 Å². The number of halogens is 1. The second-order valence-corrected chi connectivity index (χ2v) is 4.32. The number of aromatic amines is 1. The molecule has 2 rings (SSSR count). The van der Waals surface area contributed by atoms with Crippen LogP contribution in [0.1, 0.15) is 24.8 Å². The standard InChI is InChI=1S/C13H13FN2O2/c1-7(4-11(15)13(17)18)10-6-16-12-3-2-8(14)5-9(10)12/h2-3,5-7,15-16H,4H2,1H3,(H,17,18). The van der Waals surface area contributed by atoms with Gasteiger partial charge in [-0.05, 0) is 29.7 Å². The second kappa shape index (κ2) is 4.60. The highest BCUT2D eigenvalue weighted by Crippen LogP contribution is 2.28. The van der Waals surface area contributed by atoms with E-state index in [0.29, 0.717) is 0 Å². The molecule has 1 aromatic carbocycles. The van der Waals surface area contributed by atoms with Crippen LogP contribution in [0.15, 0.2) is 24.4 Å². The Labute approximate surface area is 103 Å². The van der Waals surface area contributed by atoms with Crippen LogP contribution in [0, 0.1) is 11.2 Å². The molecule has 0 radical (unpaired) electrons. The number of aromatic nitrogens is 1. The fraction of sp³-hybridized carbons (Fsp3) is 0.231. The van der Waals surface area contributed by atoms with Gasteiger partial charge in [-0.15, -0.1) is 0 Å². The predicted octanol–water partition coefficient (Wildman–Crippen LogP) is 2.90. The molecule has 3 N–H and O–H groups in total. The minimum atomic E-state index is -1.21. The van der Waals surface area contributed by atoms with E-state index in [-0.39, 0.29) is 23.9 Å². The molecule has 1 unspecified atom stereocenters. The molecule has 1 atom stereocenters. The van der Waals surface area contributed by atoms with Crippen molar-refractivity contribution in [2.75, 3.05) is 0 Å². The van der Waals surface area contributed by atoms with Crippen LogP contribution in [-0.4, -0.2) is 21.8 Å². The number of H-pyrrole nitrogens is 1. The Hall–Kier alpha value is -2.17. The summed E-state index contributed by atoms with van der Waals surface area (Å²) in [5.41, 5.74) is 1.30. The lowest BCUT2D eigenvalue weighted by Gasteiger charge is -2.09. The summed E-state index contributed by atoms with van der Waals surface area (Å²) in [6.45, 7) is 1.82. The van der Waals surface area contributed by atoms with E-state index in [4.69, 9.17) is 10.5 Å². The van der Waals surface area contributed by atoms with Crippen LogP contribution in [0.2, 0.25) is 0 Å². The van der Waals surface area contributed by atoms with Crippen LogP contribution < -0.4 is 0 Å². The van der Waals surface area contributed by atoms with Crippen LogP contribution >= 0.6 is 0 Å². The molecule has 4 nitrogen and oxygen atoms in total. The second-order valence-electron chi connectivity index (χ2n) is 4.32. The van der Waals surface area contributed by atoms with Crippen molar-refractivity contribution in [3.05, 3.63) is 35.8 Å². The van der Waals surface area contributed by atoms with E-state index in [2.05, 4.69) is 4.98 Å². The number of hydrogen-bond donors (Lipinski definition) is 3. The number of hydrogen-bond acceptors (Lipinski definition) is 2. The zero-order valence-corrected chi connectivity index (χ0v) is 9.83. The van der Waals surface area contributed by atoms with Crippen molar-refractivity contribution in [1.29, 1.82) is 5.41 Å². The van der Waals surface area contributed by atoms with Crippen molar-refractivity contribution in [1.82, 2.24) is 4.98 Å². The van der Waals surface area contributed by atoms with Gasteiger partial charge in [0.15, 0.2) is 0 Å². The molecular weight excluding hydrogens is 235 g/mol. The highest BCUT2D eigenvalue weighted by Gasteiger charge is 2.16. The Balaban J connectivity index is 2.33. The zero-order chi connectivity index (χ0) is 13.3. The third-order valence-corrected chi connectivity index (χ3v) is 2.98. The Morgan fingerprint density at radius 2 is 2.28 bits per heavy atom.